The molecular weight excluding hydrogens is 254 g/mol. The molecule has 2 rings (SSSR count). The number of hydrogen-bond acceptors (Lipinski definition) is 2. The van der Waals surface area contributed by atoms with Crippen molar-refractivity contribution in [3.8, 4) is 0 Å². The second-order valence-electron chi connectivity index (χ2n) is 6.83. The molecule has 114 valence electrons. The van der Waals surface area contributed by atoms with Crippen LogP contribution < -0.4 is 5.32 Å². The standard InChI is InChI=1S/C16H27NO3/c1-12(13-6-3-2-4-7-13)10-14(18)17-16(8-5-9-16)11-15(19)20/h12-13H,2-11H2,1H3,(H,17,18)(H,19,20). The molecule has 0 aromatic rings. The average molecular weight is 281 g/mol. The summed E-state index contributed by atoms with van der Waals surface area (Å²) < 4.78 is 0. The smallest absolute Gasteiger partial charge is 0.305 e. The van der Waals surface area contributed by atoms with Crippen LogP contribution in [-0.2, 0) is 9.59 Å². The van der Waals surface area contributed by atoms with Crippen molar-refractivity contribution < 1.29 is 14.7 Å². The highest BCUT2D eigenvalue weighted by molar-refractivity contribution is 5.78. The molecule has 0 bridgehead atoms. The first-order valence-electron chi connectivity index (χ1n) is 8.04. The summed E-state index contributed by atoms with van der Waals surface area (Å²) in [4.78, 5) is 23.1. The van der Waals surface area contributed by atoms with Crippen LogP contribution in [0.1, 0.15) is 71.1 Å². The zero-order valence-corrected chi connectivity index (χ0v) is 12.5. The van der Waals surface area contributed by atoms with Crippen molar-refractivity contribution in [3.05, 3.63) is 0 Å². The third-order valence-corrected chi connectivity index (χ3v) is 5.17. The summed E-state index contributed by atoms with van der Waals surface area (Å²) in [6.45, 7) is 2.17. The topological polar surface area (TPSA) is 66.4 Å². The maximum atomic E-state index is 12.2. The number of rotatable bonds is 6. The highest BCUT2D eigenvalue weighted by Crippen LogP contribution is 2.36. The molecule has 0 heterocycles. The fraction of sp³-hybridized carbons (Fsp3) is 0.875. The number of nitrogens with one attached hydrogen (secondary N) is 1. The van der Waals surface area contributed by atoms with E-state index in [-0.39, 0.29) is 12.3 Å². The Kier molecular flexibility index (Phi) is 5.06. The van der Waals surface area contributed by atoms with Crippen LogP contribution in [0.5, 0.6) is 0 Å². The number of carbonyl (C=O) groups excluding carboxylic acids is 1. The zero-order valence-electron chi connectivity index (χ0n) is 12.5. The molecule has 2 aliphatic carbocycles. The lowest BCUT2D eigenvalue weighted by molar-refractivity contribution is -0.140. The van der Waals surface area contributed by atoms with Crippen LogP contribution in [0.3, 0.4) is 0 Å². The minimum absolute atomic E-state index is 0.0454. The molecule has 1 amide bonds. The van der Waals surface area contributed by atoms with Crippen LogP contribution >= 0.6 is 0 Å². The van der Waals surface area contributed by atoms with E-state index in [4.69, 9.17) is 5.11 Å². The van der Waals surface area contributed by atoms with E-state index in [0.29, 0.717) is 18.3 Å². The molecule has 4 nitrogen and oxygen atoms in total. The van der Waals surface area contributed by atoms with Gasteiger partial charge in [0.05, 0.1) is 12.0 Å². The first-order valence-corrected chi connectivity index (χ1v) is 8.04. The predicted molar refractivity (Wildman–Crippen MR) is 77.3 cm³/mol. The summed E-state index contributed by atoms with van der Waals surface area (Å²) in [6, 6.07) is 0. The van der Waals surface area contributed by atoms with Gasteiger partial charge in [-0.25, -0.2) is 0 Å². The lowest BCUT2D eigenvalue weighted by atomic mass is 9.74. The van der Waals surface area contributed by atoms with Gasteiger partial charge in [-0.3, -0.25) is 9.59 Å². The third kappa shape index (κ3) is 3.97. The molecule has 2 fully saturated rings. The van der Waals surface area contributed by atoms with Gasteiger partial charge in [0, 0.05) is 6.42 Å². The number of carbonyl (C=O) groups is 2. The third-order valence-electron chi connectivity index (χ3n) is 5.17. The SMILES string of the molecule is CC(CC(=O)NC1(CC(=O)O)CCC1)C1CCCCC1. The van der Waals surface area contributed by atoms with Crippen molar-refractivity contribution in [2.75, 3.05) is 0 Å². The van der Waals surface area contributed by atoms with E-state index < -0.39 is 11.5 Å². The Labute approximate surface area is 121 Å². The minimum Gasteiger partial charge on any atom is -0.481 e. The van der Waals surface area contributed by atoms with Gasteiger partial charge < -0.3 is 10.4 Å². The van der Waals surface area contributed by atoms with Gasteiger partial charge in [0.15, 0.2) is 0 Å². The number of hydrogen-bond donors (Lipinski definition) is 2. The first-order chi connectivity index (χ1) is 9.51. The van der Waals surface area contributed by atoms with E-state index in [1.54, 1.807) is 0 Å². The lowest BCUT2D eigenvalue weighted by Crippen LogP contribution is -2.55. The number of carboxylic acids is 1. The largest absolute Gasteiger partial charge is 0.481 e. The van der Waals surface area contributed by atoms with Crippen molar-refractivity contribution in [1.82, 2.24) is 5.32 Å². The van der Waals surface area contributed by atoms with Crippen LogP contribution in [0.15, 0.2) is 0 Å². The number of aliphatic carboxylic acids is 1. The highest BCUT2D eigenvalue weighted by atomic mass is 16.4. The lowest BCUT2D eigenvalue weighted by Gasteiger charge is -2.42. The molecule has 1 atom stereocenters. The molecule has 20 heavy (non-hydrogen) atoms. The molecule has 4 heteroatoms. The van der Waals surface area contributed by atoms with Crippen LogP contribution in [-0.4, -0.2) is 22.5 Å². The summed E-state index contributed by atoms with van der Waals surface area (Å²) in [6.07, 6.45) is 9.65. The molecule has 0 saturated heterocycles. The van der Waals surface area contributed by atoms with E-state index in [9.17, 15) is 9.59 Å². The zero-order chi connectivity index (χ0) is 14.6. The number of carboxylic acid groups (broad SMARTS) is 1. The van der Waals surface area contributed by atoms with Gasteiger partial charge in [0.1, 0.15) is 0 Å². The molecule has 0 spiro atoms. The average Bonchev–Trinajstić information content (AvgIpc) is 2.36. The van der Waals surface area contributed by atoms with E-state index in [1.807, 2.05) is 0 Å². The summed E-state index contributed by atoms with van der Waals surface area (Å²) in [7, 11) is 0. The molecule has 0 aromatic carbocycles. The van der Waals surface area contributed by atoms with Crippen molar-refractivity contribution in [2.45, 2.75) is 76.7 Å². The second-order valence-corrected chi connectivity index (χ2v) is 6.83. The first kappa shape index (κ1) is 15.3. The Morgan fingerprint density at radius 1 is 1.20 bits per heavy atom. The highest BCUT2D eigenvalue weighted by Gasteiger charge is 2.40. The summed E-state index contributed by atoms with van der Waals surface area (Å²) in [5.41, 5.74) is -0.449. The van der Waals surface area contributed by atoms with Crippen molar-refractivity contribution >= 4 is 11.9 Å². The molecule has 2 aliphatic rings. The molecule has 1 unspecified atom stereocenters. The Hall–Kier alpha value is -1.06. The molecular formula is C16H27NO3. The van der Waals surface area contributed by atoms with E-state index in [1.165, 1.54) is 32.1 Å². The molecule has 2 saturated carbocycles. The van der Waals surface area contributed by atoms with Crippen molar-refractivity contribution in [1.29, 1.82) is 0 Å². The van der Waals surface area contributed by atoms with E-state index in [0.717, 1.165) is 19.3 Å². The van der Waals surface area contributed by atoms with Crippen LogP contribution in [0.4, 0.5) is 0 Å². The van der Waals surface area contributed by atoms with Gasteiger partial charge in [-0.15, -0.1) is 0 Å². The summed E-state index contributed by atoms with van der Waals surface area (Å²) >= 11 is 0. The monoisotopic (exact) mass is 281 g/mol. The number of amides is 1. The Bertz CT molecular complexity index is 357. The van der Waals surface area contributed by atoms with Crippen molar-refractivity contribution in [3.63, 3.8) is 0 Å². The minimum atomic E-state index is -0.815. The quantitative estimate of drug-likeness (QED) is 0.786. The fourth-order valence-electron chi connectivity index (χ4n) is 3.75. The normalized spacial score (nSPS) is 23.6. The van der Waals surface area contributed by atoms with Gasteiger partial charge in [0.25, 0.3) is 0 Å². The van der Waals surface area contributed by atoms with E-state index >= 15 is 0 Å². The maximum absolute atomic E-state index is 12.2. The maximum Gasteiger partial charge on any atom is 0.305 e. The predicted octanol–water partition coefficient (Wildman–Crippen LogP) is 3.11. The second kappa shape index (κ2) is 6.59. The van der Waals surface area contributed by atoms with Crippen molar-refractivity contribution in [2.24, 2.45) is 11.8 Å². The Balaban J connectivity index is 1.80. The van der Waals surface area contributed by atoms with Gasteiger partial charge >= 0.3 is 5.97 Å². The Morgan fingerprint density at radius 3 is 2.35 bits per heavy atom. The van der Waals surface area contributed by atoms with Gasteiger partial charge in [-0.1, -0.05) is 39.0 Å². The van der Waals surface area contributed by atoms with E-state index in [2.05, 4.69) is 12.2 Å². The van der Waals surface area contributed by atoms with Crippen LogP contribution in [0.2, 0.25) is 0 Å². The van der Waals surface area contributed by atoms with Crippen LogP contribution in [0.25, 0.3) is 0 Å². The molecule has 0 aliphatic heterocycles. The Morgan fingerprint density at radius 2 is 1.85 bits per heavy atom. The summed E-state index contributed by atoms with van der Waals surface area (Å²) in [5, 5.41) is 12.0. The molecule has 0 radical (unpaired) electrons. The fourth-order valence-corrected chi connectivity index (χ4v) is 3.75. The molecule has 0 aromatic heterocycles. The van der Waals surface area contributed by atoms with Crippen LogP contribution in [0, 0.1) is 11.8 Å². The summed E-state index contributed by atoms with van der Waals surface area (Å²) in [5.74, 6) is 0.318. The van der Waals surface area contributed by atoms with Gasteiger partial charge in [-0.2, -0.15) is 0 Å². The molecule has 2 N–H and O–H groups in total. The van der Waals surface area contributed by atoms with Gasteiger partial charge in [-0.05, 0) is 31.1 Å². The van der Waals surface area contributed by atoms with Gasteiger partial charge in [0.2, 0.25) is 5.91 Å².